The number of nitrogens with one attached hydrogen (secondary N) is 1. The molecule has 2 atom stereocenters. The van der Waals surface area contributed by atoms with Crippen molar-refractivity contribution in [3.05, 3.63) is 22.4 Å². The molecule has 24 heavy (non-hydrogen) atoms. The molecule has 2 N–H and O–H groups in total. The highest BCUT2D eigenvalue weighted by atomic mass is 32.1. The van der Waals surface area contributed by atoms with E-state index in [1.54, 1.807) is 0 Å². The summed E-state index contributed by atoms with van der Waals surface area (Å²) in [7, 11) is 0. The van der Waals surface area contributed by atoms with Gasteiger partial charge in [-0.25, -0.2) is 0 Å². The van der Waals surface area contributed by atoms with Gasteiger partial charge in [-0.05, 0) is 37.6 Å². The maximum absolute atomic E-state index is 12.5. The molecule has 0 unspecified atom stereocenters. The fourth-order valence-electron chi connectivity index (χ4n) is 3.87. The molecule has 0 bridgehead atoms. The van der Waals surface area contributed by atoms with Crippen molar-refractivity contribution in [1.82, 2.24) is 10.2 Å². The molecule has 0 saturated carbocycles. The van der Waals surface area contributed by atoms with Crippen LogP contribution in [-0.2, 0) is 9.53 Å². The summed E-state index contributed by atoms with van der Waals surface area (Å²) in [6.45, 7) is 4.91. The van der Waals surface area contributed by atoms with E-state index in [1.165, 1.54) is 18.3 Å². The van der Waals surface area contributed by atoms with Crippen molar-refractivity contribution >= 4 is 23.2 Å². The van der Waals surface area contributed by atoms with Gasteiger partial charge in [-0.1, -0.05) is 0 Å². The number of amides is 2. The maximum atomic E-state index is 12.5. The van der Waals surface area contributed by atoms with Crippen LogP contribution in [0.15, 0.2) is 16.8 Å². The van der Waals surface area contributed by atoms with E-state index in [2.05, 4.69) is 5.32 Å². The first kappa shape index (κ1) is 17.4. The first-order chi connectivity index (χ1) is 11.4. The molecule has 2 aliphatic rings. The normalized spacial score (nSPS) is 29.5. The van der Waals surface area contributed by atoms with Crippen molar-refractivity contribution < 1.29 is 19.4 Å². The fourth-order valence-corrected chi connectivity index (χ4v) is 4.50. The van der Waals surface area contributed by atoms with Crippen molar-refractivity contribution in [1.29, 1.82) is 0 Å². The summed E-state index contributed by atoms with van der Waals surface area (Å²) in [5.41, 5.74) is -0.672. The summed E-state index contributed by atoms with van der Waals surface area (Å²) >= 11 is 1.51. The van der Waals surface area contributed by atoms with Crippen LogP contribution in [0.2, 0.25) is 0 Å². The Morgan fingerprint density at radius 3 is 2.67 bits per heavy atom. The molecule has 3 heterocycles. The molecule has 1 spiro atoms. The minimum absolute atomic E-state index is 0.0287. The average molecular weight is 352 g/mol. The lowest BCUT2D eigenvalue weighted by molar-refractivity contribution is -0.205. The number of ether oxygens (including phenoxy) is 1. The molecule has 0 radical (unpaired) electrons. The molecule has 0 aromatic carbocycles. The zero-order chi connectivity index (χ0) is 17.4. The molecule has 3 rings (SSSR count). The Morgan fingerprint density at radius 2 is 2.08 bits per heavy atom. The number of aliphatic hydroxyl groups is 1. The Balaban J connectivity index is 1.70. The number of piperidine rings is 1. The van der Waals surface area contributed by atoms with Crippen molar-refractivity contribution in [2.24, 2.45) is 0 Å². The lowest BCUT2D eigenvalue weighted by atomic mass is 9.73. The van der Waals surface area contributed by atoms with Gasteiger partial charge in [-0.15, -0.1) is 0 Å². The van der Waals surface area contributed by atoms with E-state index in [0.717, 1.165) is 0 Å². The first-order valence-electron chi connectivity index (χ1n) is 8.29. The highest BCUT2D eigenvalue weighted by molar-refractivity contribution is 7.08. The molecule has 1 aromatic heterocycles. The summed E-state index contributed by atoms with van der Waals surface area (Å²) in [6.07, 6.45) is 0.923. The lowest BCUT2D eigenvalue weighted by Crippen LogP contribution is -2.69. The van der Waals surface area contributed by atoms with E-state index in [1.807, 2.05) is 28.7 Å². The second-order valence-corrected chi connectivity index (χ2v) is 7.75. The second kappa shape index (κ2) is 6.46. The predicted molar refractivity (Wildman–Crippen MR) is 91.0 cm³/mol. The van der Waals surface area contributed by atoms with Crippen LogP contribution in [-0.4, -0.2) is 58.8 Å². The number of hydrogen-bond donors (Lipinski definition) is 2. The van der Waals surface area contributed by atoms with E-state index in [0.29, 0.717) is 44.5 Å². The van der Waals surface area contributed by atoms with Crippen LogP contribution in [0.4, 0.5) is 0 Å². The van der Waals surface area contributed by atoms with Crippen LogP contribution in [0.1, 0.15) is 43.5 Å². The lowest BCUT2D eigenvalue weighted by Gasteiger charge is -2.53. The molecule has 6 nitrogen and oxygen atoms in total. The average Bonchev–Trinajstić information content (AvgIpc) is 3.06. The van der Waals surface area contributed by atoms with Gasteiger partial charge < -0.3 is 20.1 Å². The first-order valence-corrected chi connectivity index (χ1v) is 9.23. The number of likely N-dealkylation sites (tertiary alicyclic amines) is 1. The highest BCUT2D eigenvalue weighted by Gasteiger charge is 2.53. The summed E-state index contributed by atoms with van der Waals surface area (Å²) < 4.78 is 5.98. The summed E-state index contributed by atoms with van der Waals surface area (Å²) in [6, 6.07) is 1.83. The Kier molecular flexibility index (Phi) is 4.68. The molecule has 2 fully saturated rings. The van der Waals surface area contributed by atoms with Crippen LogP contribution < -0.4 is 5.32 Å². The Labute approximate surface area is 145 Å². The van der Waals surface area contributed by atoms with Gasteiger partial charge >= 0.3 is 0 Å². The third kappa shape index (κ3) is 3.08. The molecule has 0 aliphatic carbocycles. The SMILES string of the molecule is CC(=O)N[C@@]1(C)CCOC2(CCN(C(=O)c3ccsc3)CC2)[C@@H]1O. The minimum atomic E-state index is -0.791. The van der Waals surface area contributed by atoms with Gasteiger partial charge in [-0.3, -0.25) is 9.59 Å². The molecule has 2 amide bonds. The molecule has 2 aliphatic heterocycles. The van der Waals surface area contributed by atoms with E-state index in [4.69, 9.17) is 4.74 Å². The van der Waals surface area contributed by atoms with E-state index in [9.17, 15) is 14.7 Å². The second-order valence-electron chi connectivity index (χ2n) is 6.97. The molecular weight excluding hydrogens is 328 g/mol. The maximum Gasteiger partial charge on any atom is 0.254 e. The largest absolute Gasteiger partial charge is 0.388 e. The highest BCUT2D eigenvalue weighted by Crippen LogP contribution is 2.40. The van der Waals surface area contributed by atoms with Crippen molar-refractivity contribution in [2.45, 2.75) is 50.4 Å². The van der Waals surface area contributed by atoms with E-state index < -0.39 is 17.2 Å². The third-order valence-electron chi connectivity index (χ3n) is 5.24. The Bertz CT molecular complexity index is 610. The number of aliphatic hydroxyl groups excluding tert-OH is 1. The molecule has 7 heteroatoms. The summed E-state index contributed by atoms with van der Waals surface area (Å²) in [5, 5.41) is 17.6. The molecule has 2 saturated heterocycles. The van der Waals surface area contributed by atoms with Crippen LogP contribution in [0.3, 0.4) is 0 Å². The standard InChI is InChI=1S/C17H24N2O4S/c1-12(20)18-16(2)6-9-23-17(15(16)22)4-7-19(8-5-17)14(21)13-3-10-24-11-13/h3,10-11,15,22H,4-9H2,1-2H3,(H,18,20)/t15-,16+/m1/s1. The van der Waals surface area contributed by atoms with Gasteiger partial charge in [0, 0.05) is 32.0 Å². The van der Waals surface area contributed by atoms with Crippen LogP contribution in [0, 0.1) is 0 Å². The zero-order valence-corrected chi connectivity index (χ0v) is 14.9. The minimum Gasteiger partial charge on any atom is -0.388 e. The van der Waals surface area contributed by atoms with E-state index >= 15 is 0 Å². The Morgan fingerprint density at radius 1 is 1.38 bits per heavy atom. The van der Waals surface area contributed by atoms with Gasteiger partial charge in [0.15, 0.2) is 0 Å². The quantitative estimate of drug-likeness (QED) is 0.843. The van der Waals surface area contributed by atoms with Gasteiger partial charge in [0.25, 0.3) is 5.91 Å². The smallest absolute Gasteiger partial charge is 0.254 e. The van der Waals surface area contributed by atoms with Gasteiger partial charge in [0.2, 0.25) is 5.91 Å². The fraction of sp³-hybridized carbons (Fsp3) is 0.647. The number of rotatable bonds is 2. The summed E-state index contributed by atoms with van der Waals surface area (Å²) in [4.78, 5) is 25.8. The number of thiophene rings is 1. The Hall–Kier alpha value is -1.44. The van der Waals surface area contributed by atoms with Crippen LogP contribution >= 0.6 is 11.3 Å². The zero-order valence-electron chi connectivity index (χ0n) is 14.1. The van der Waals surface area contributed by atoms with Crippen molar-refractivity contribution in [2.75, 3.05) is 19.7 Å². The van der Waals surface area contributed by atoms with Gasteiger partial charge in [-0.2, -0.15) is 11.3 Å². The topological polar surface area (TPSA) is 78.9 Å². The monoisotopic (exact) mass is 352 g/mol. The van der Waals surface area contributed by atoms with Crippen molar-refractivity contribution in [3.8, 4) is 0 Å². The van der Waals surface area contributed by atoms with Gasteiger partial charge in [0.1, 0.15) is 6.10 Å². The molecule has 132 valence electrons. The number of nitrogens with zero attached hydrogens (tertiary/aromatic N) is 1. The molecular formula is C17H24N2O4S. The number of carbonyl (C=O) groups is 2. The van der Waals surface area contributed by atoms with Crippen molar-refractivity contribution in [3.63, 3.8) is 0 Å². The predicted octanol–water partition coefficient (Wildman–Crippen LogP) is 1.40. The molecule has 1 aromatic rings. The van der Waals surface area contributed by atoms with Gasteiger partial charge in [0.05, 0.1) is 16.7 Å². The summed E-state index contributed by atoms with van der Waals surface area (Å²) in [5.74, 6) is -0.125. The number of carbonyl (C=O) groups excluding carboxylic acids is 2. The number of hydrogen-bond acceptors (Lipinski definition) is 5. The van der Waals surface area contributed by atoms with E-state index in [-0.39, 0.29) is 11.8 Å². The third-order valence-corrected chi connectivity index (χ3v) is 5.92. The van der Waals surface area contributed by atoms with Crippen LogP contribution in [0.25, 0.3) is 0 Å². The van der Waals surface area contributed by atoms with Crippen LogP contribution in [0.5, 0.6) is 0 Å².